The number of allylic oxidation sites excluding steroid dienone is 1. The summed E-state index contributed by atoms with van der Waals surface area (Å²) in [6.07, 6.45) is 2.79. The van der Waals surface area contributed by atoms with Gasteiger partial charge in [0.25, 0.3) is 0 Å². The molecule has 0 fully saturated rings. The average molecular weight is 218 g/mol. The zero-order valence-corrected chi connectivity index (χ0v) is 9.90. The highest BCUT2D eigenvalue weighted by Crippen LogP contribution is 2.24. The van der Waals surface area contributed by atoms with Crippen LogP contribution in [0.25, 0.3) is 0 Å². The van der Waals surface area contributed by atoms with Gasteiger partial charge in [0, 0.05) is 6.42 Å². The molecule has 16 heavy (non-hydrogen) atoms. The molecule has 86 valence electrons. The monoisotopic (exact) mass is 218 g/mol. The fourth-order valence-corrected chi connectivity index (χ4v) is 1.58. The Balaban J connectivity index is 2.61. The van der Waals surface area contributed by atoms with E-state index in [4.69, 9.17) is 4.74 Å². The third-order valence-corrected chi connectivity index (χ3v) is 2.71. The number of hydrogen-bond acceptors (Lipinski definition) is 2. The summed E-state index contributed by atoms with van der Waals surface area (Å²) in [4.78, 5) is 11.1. The lowest BCUT2D eigenvalue weighted by Gasteiger charge is -2.11. The van der Waals surface area contributed by atoms with Gasteiger partial charge in [-0.15, -0.1) is 0 Å². The van der Waals surface area contributed by atoms with Crippen LogP contribution in [0.4, 0.5) is 0 Å². The van der Waals surface area contributed by atoms with E-state index in [0.29, 0.717) is 12.3 Å². The van der Waals surface area contributed by atoms with Crippen LogP contribution >= 0.6 is 0 Å². The molecular formula is C14H18O2. The lowest BCUT2D eigenvalue weighted by atomic mass is 9.95. The minimum absolute atomic E-state index is 0.106. The second-order valence-corrected chi connectivity index (χ2v) is 3.89. The molecule has 0 aliphatic rings. The quantitative estimate of drug-likeness (QED) is 0.684. The summed E-state index contributed by atoms with van der Waals surface area (Å²) in [7, 11) is 1.66. The highest BCUT2D eigenvalue weighted by Gasteiger charge is 2.08. The van der Waals surface area contributed by atoms with Gasteiger partial charge in [0.15, 0.2) is 5.78 Å². The minimum atomic E-state index is 0.106. The molecule has 0 aromatic heterocycles. The summed E-state index contributed by atoms with van der Waals surface area (Å²) in [5, 5.41) is 0. The number of ketones is 1. The third-order valence-electron chi connectivity index (χ3n) is 2.71. The van der Waals surface area contributed by atoms with Crippen molar-refractivity contribution in [3.05, 3.63) is 42.5 Å². The Morgan fingerprint density at radius 2 is 2.31 bits per heavy atom. The zero-order valence-electron chi connectivity index (χ0n) is 9.90. The standard InChI is InChI=1S/C14H18O2/c1-4-13(15)9-8-11(2)12-6-5-7-14(10-12)16-3/h4-7,10-11H,1,8-9H2,2-3H3. The Hall–Kier alpha value is -1.57. The molecule has 0 saturated carbocycles. The Bertz CT molecular complexity index is 369. The van der Waals surface area contributed by atoms with Gasteiger partial charge in [-0.2, -0.15) is 0 Å². The molecule has 0 saturated heterocycles. The minimum Gasteiger partial charge on any atom is -0.497 e. The summed E-state index contributed by atoms with van der Waals surface area (Å²) >= 11 is 0. The van der Waals surface area contributed by atoms with Crippen molar-refractivity contribution < 1.29 is 9.53 Å². The predicted octanol–water partition coefficient (Wildman–Crippen LogP) is 3.33. The predicted molar refractivity (Wildman–Crippen MR) is 65.8 cm³/mol. The van der Waals surface area contributed by atoms with Crippen LogP contribution in [0.1, 0.15) is 31.2 Å². The summed E-state index contributed by atoms with van der Waals surface area (Å²) in [5.74, 6) is 1.33. The molecule has 1 atom stereocenters. The smallest absolute Gasteiger partial charge is 0.155 e. The zero-order chi connectivity index (χ0) is 12.0. The highest BCUT2D eigenvalue weighted by atomic mass is 16.5. The molecule has 1 rings (SSSR count). The Morgan fingerprint density at radius 1 is 1.56 bits per heavy atom. The van der Waals surface area contributed by atoms with Crippen LogP contribution in [0.5, 0.6) is 5.75 Å². The fraction of sp³-hybridized carbons (Fsp3) is 0.357. The van der Waals surface area contributed by atoms with E-state index in [2.05, 4.69) is 19.6 Å². The summed E-state index contributed by atoms with van der Waals surface area (Å²) in [6.45, 7) is 5.59. The molecule has 0 aliphatic carbocycles. The first kappa shape index (κ1) is 12.5. The van der Waals surface area contributed by atoms with Gasteiger partial charge in [-0.1, -0.05) is 25.6 Å². The number of benzene rings is 1. The van der Waals surface area contributed by atoms with E-state index >= 15 is 0 Å². The summed E-state index contributed by atoms with van der Waals surface area (Å²) in [6, 6.07) is 7.97. The maximum atomic E-state index is 11.1. The first-order valence-electron chi connectivity index (χ1n) is 5.46. The van der Waals surface area contributed by atoms with Crippen LogP contribution in [-0.4, -0.2) is 12.9 Å². The fourth-order valence-electron chi connectivity index (χ4n) is 1.58. The van der Waals surface area contributed by atoms with E-state index < -0.39 is 0 Å². The first-order chi connectivity index (χ1) is 7.67. The molecule has 0 aliphatic heterocycles. The van der Waals surface area contributed by atoms with E-state index in [1.807, 2.05) is 18.2 Å². The van der Waals surface area contributed by atoms with Crippen LogP contribution in [0, 0.1) is 0 Å². The average Bonchev–Trinajstić information content (AvgIpc) is 2.35. The van der Waals surface area contributed by atoms with Gasteiger partial charge in [0.2, 0.25) is 0 Å². The number of rotatable bonds is 6. The molecular weight excluding hydrogens is 200 g/mol. The van der Waals surface area contributed by atoms with Gasteiger partial charge >= 0.3 is 0 Å². The SMILES string of the molecule is C=CC(=O)CCC(C)c1cccc(OC)c1. The largest absolute Gasteiger partial charge is 0.497 e. The normalized spacial score (nSPS) is 11.9. The van der Waals surface area contributed by atoms with Crippen molar-refractivity contribution >= 4 is 5.78 Å². The maximum absolute atomic E-state index is 11.1. The van der Waals surface area contributed by atoms with E-state index in [9.17, 15) is 4.79 Å². The van der Waals surface area contributed by atoms with Crippen molar-refractivity contribution in [2.45, 2.75) is 25.7 Å². The number of methoxy groups -OCH3 is 1. The van der Waals surface area contributed by atoms with E-state index in [1.54, 1.807) is 7.11 Å². The second kappa shape index (κ2) is 6.11. The number of ether oxygens (including phenoxy) is 1. The van der Waals surface area contributed by atoms with Crippen LogP contribution in [0.2, 0.25) is 0 Å². The molecule has 0 heterocycles. The number of hydrogen-bond donors (Lipinski definition) is 0. The molecule has 0 amide bonds. The van der Waals surface area contributed by atoms with Crippen molar-refractivity contribution in [3.8, 4) is 5.75 Å². The number of carbonyl (C=O) groups is 1. The van der Waals surface area contributed by atoms with Crippen LogP contribution in [0.3, 0.4) is 0 Å². The Kier molecular flexibility index (Phi) is 4.77. The lowest BCUT2D eigenvalue weighted by Crippen LogP contribution is -1.99. The van der Waals surface area contributed by atoms with Crippen LogP contribution in [0.15, 0.2) is 36.9 Å². The molecule has 1 aromatic rings. The highest BCUT2D eigenvalue weighted by molar-refractivity contribution is 5.88. The van der Waals surface area contributed by atoms with E-state index in [0.717, 1.165) is 12.2 Å². The maximum Gasteiger partial charge on any atom is 0.155 e. The van der Waals surface area contributed by atoms with Gasteiger partial charge in [-0.25, -0.2) is 0 Å². The molecule has 1 unspecified atom stereocenters. The van der Waals surface area contributed by atoms with Gasteiger partial charge < -0.3 is 4.74 Å². The van der Waals surface area contributed by atoms with Crippen molar-refractivity contribution in [3.63, 3.8) is 0 Å². The third kappa shape index (κ3) is 3.54. The van der Waals surface area contributed by atoms with Gasteiger partial charge in [0.05, 0.1) is 7.11 Å². The molecule has 2 heteroatoms. The first-order valence-corrected chi connectivity index (χ1v) is 5.46. The van der Waals surface area contributed by atoms with Gasteiger partial charge in [-0.05, 0) is 36.1 Å². The topological polar surface area (TPSA) is 26.3 Å². The number of carbonyl (C=O) groups excluding carboxylic acids is 1. The van der Waals surface area contributed by atoms with Gasteiger partial charge in [0.1, 0.15) is 5.75 Å². The molecule has 2 nitrogen and oxygen atoms in total. The summed E-state index contributed by atoms with van der Waals surface area (Å²) in [5.41, 5.74) is 1.20. The lowest BCUT2D eigenvalue weighted by molar-refractivity contribution is -0.114. The molecule has 0 radical (unpaired) electrons. The van der Waals surface area contributed by atoms with Crippen LogP contribution < -0.4 is 4.74 Å². The van der Waals surface area contributed by atoms with Crippen molar-refractivity contribution in [1.82, 2.24) is 0 Å². The second-order valence-electron chi connectivity index (χ2n) is 3.89. The molecule has 1 aromatic carbocycles. The molecule has 0 bridgehead atoms. The van der Waals surface area contributed by atoms with Crippen molar-refractivity contribution in [2.75, 3.05) is 7.11 Å². The Morgan fingerprint density at radius 3 is 2.94 bits per heavy atom. The van der Waals surface area contributed by atoms with E-state index in [-0.39, 0.29) is 5.78 Å². The van der Waals surface area contributed by atoms with Gasteiger partial charge in [-0.3, -0.25) is 4.79 Å². The summed E-state index contributed by atoms with van der Waals surface area (Å²) < 4.78 is 5.17. The van der Waals surface area contributed by atoms with E-state index in [1.165, 1.54) is 11.6 Å². The molecule has 0 spiro atoms. The van der Waals surface area contributed by atoms with Crippen molar-refractivity contribution in [2.24, 2.45) is 0 Å². The molecule has 0 N–H and O–H groups in total. The van der Waals surface area contributed by atoms with Crippen molar-refractivity contribution in [1.29, 1.82) is 0 Å². The van der Waals surface area contributed by atoms with Crippen LogP contribution in [-0.2, 0) is 4.79 Å². The Labute approximate surface area is 96.9 Å².